The summed E-state index contributed by atoms with van der Waals surface area (Å²) in [5.74, 6) is 0.622. The van der Waals surface area contributed by atoms with Crippen molar-refractivity contribution in [2.45, 2.75) is 13.8 Å². The SMILES string of the molecule is CC(C)COc1cccc(C(=O)NC(=S)Nc2ccccc2C(=O)N2CCN(C)CC2)c1. The summed E-state index contributed by atoms with van der Waals surface area (Å²) in [7, 11) is 2.05. The van der Waals surface area contributed by atoms with Crippen LogP contribution in [0, 0.1) is 5.92 Å². The molecule has 1 fully saturated rings. The molecule has 1 aliphatic rings. The summed E-state index contributed by atoms with van der Waals surface area (Å²) < 4.78 is 5.69. The van der Waals surface area contributed by atoms with Crippen molar-refractivity contribution in [1.82, 2.24) is 15.1 Å². The highest BCUT2D eigenvalue weighted by Crippen LogP contribution is 2.19. The third-order valence-electron chi connectivity index (χ3n) is 5.10. The molecule has 7 nitrogen and oxygen atoms in total. The average molecular weight is 455 g/mol. The number of rotatable bonds is 6. The Morgan fingerprint density at radius 1 is 1.06 bits per heavy atom. The van der Waals surface area contributed by atoms with Gasteiger partial charge < -0.3 is 19.9 Å². The van der Waals surface area contributed by atoms with Crippen LogP contribution in [0.4, 0.5) is 5.69 Å². The number of likely N-dealkylation sites (N-methyl/N-ethyl adjacent to an activating group) is 1. The molecule has 1 heterocycles. The summed E-state index contributed by atoms with van der Waals surface area (Å²) in [6.45, 7) is 7.74. The van der Waals surface area contributed by atoms with E-state index in [1.807, 2.05) is 30.1 Å². The van der Waals surface area contributed by atoms with Gasteiger partial charge in [-0.1, -0.05) is 32.0 Å². The van der Waals surface area contributed by atoms with Gasteiger partial charge in [0.15, 0.2) is 5.11 Å². The molecule has 0 aromatic heterocycles. The first kappa shape index (κ1) is 23.7. The van der Waals surface area contributed by atoms with E-state index in [1.165, 1.54) is 0 Å². The molecule has 2 N–H and O–H groups in total. The molecular weight excluding hydrogens is 424 g/mol. The third-order valence-corrected chi connectivity index (χ3v) is 5.31. The molecule has 1 aliphatic heterocycles. The van der Waals surface area contributed by atoms with Gasteiger partial charge in [-0.2, -0.15) is 0 Å². The number of para-hydroxylation sites is 1. The van der Waals surface area contributed by atoms with Crippen LogP contribution < -0.4 is 15.4 Å². The molecule has 8 heteroatoms. The van der Waals surface area contributed by atoms with Crippen LogP contribution in [0.5, 0.6) is 5.75 Å². The van der Waals surface area contributed by atoms with E-state index in [1.54, 1.807) is 30.3 Å². The van der Waals surface area contributed by atoms with Gasteiger partial charge in [0, 0.05) is 31.7 Å². The molecule has 0 atom stereocenters. The fraction of sp³-hybridized carbons (Fsp3) is 0.375. The van der Waals surface area contributed by atoms with Crippen LogP contribution in [0.2, 0.25) is 0 Å². The number of ether oxygens (including phenoxy) is 1. The predicted molar refractivity (Wildman–Crippen MR) is 130 cm³/mol. The second-order valence-corrected chi connectivity index (χ2v) is 8.69. The smallest absolute Gasteiger partial charge is 0.257 e. The van der Waals surface area contributed by atoms with Gasteiger partial charge in [-0.25, -0.2) is 0 Å². The van der Waals surface area contributed by atoms with E-state index in [2.05, 4.69) is 29.4 Å². The van der Waals surface area contributed by atoms with Gasteiger partial charge in [0.2, 0.25) is 0 Å². The first-order chi connectivity index (χ1) is 15.3. The Balaban J connectivity index is 1.63. The lowest BCUT2D eigenvalue weighted by Gasteiger charge is -2.32. The van der Waals surface area contributed by atoms with Gasteiger partial charge >= 0.3 is 0 Å². The largest absolute Gasteiger partial charge is 0.493 e. The number of benzene rings is 2. The van der Waals surface area contributed by atoms with Crippen LogP contribution in [-0.2, 0) is 0 Å². The predicted octanol–water partition coefficient (Wildman–Crippen LogP) is 3.24. The lowest BCUT2D eigenvalue weighted by molar-refractivity contribution is 0.0665. The van der Waals surface area contributed by atoms with E-state index < -0.39 is 0 Å². The van der Waals surface area contributed by atoms with Crippen molar-refractivity contribution >= 4 is 34.8 Å². The Bertz CT molecular complexity index is 971. The summed E-state index contributed by atoms with van der Waals surface area (Å²) in [6.07, 6.45) is 0. The highest BCUT2D eigenvalue weighted by molar-refractivity contribution is 7.80. The normalized spacial score (nSPS) is 14.2. The van der Waals surface area contributed by atoms with Gasteiger partial charge in [0.05, 0.1) is 17.9 Å². The fourth-order valence-corrected chi connectivity index (χ4v) is 3.48. The molecular formula is C24H30N4O3S. The number of amides is 2. The van der Waals surface area contributed by atoms with Crippen molar-refractivity contribution in [2.24, 2.45) is 5.92 Å². The highest BCUT2D eigenvalue weighted by atomic mass is 32.1. The first-order valence-corrected chi connectivity index (χ1v) is 11.2. The number of hydrogen-bond donors (Lipinski definition) is 2. The molecule has 2 aromatic carbocycles. The Morgan fingerprint density at radius 3 is 2.50 bits per heavy atom. The van der Waals surface area contributed by atoms with Crippen molar-refractivity contribution in [1.29, 1.82) is 0 Å². The van der Waals surface area contributed by atoms with E-state index in [4.69, 9.17) is 17.0 Å². The lowest BCUT2D eigenvalue weighted by Crippen LogP contribution is -2.47. The Morgan fingerprint density at radius 2 is 1.78 bits per heavy atom. The lowest BCUT2D eigenvalue weighted by atomic mass is 10.1. The zero-order valence-corrected chi connectivity index (χ0v) is 19.6. The highest BCUT2D eigenvalue weighted by Gasteiger charge is 2.22. The number of anilines is 1. The molecule has 0 aliphatic carbocycles. The van der Waals surface area contributed by atoms with Crippen molar-refractivity contribution in [3.05, 3.63) is 59.7 Å². The van der Waals surface area contributed by atoms with E-state index in [-0.39, 0.29) is 16.9 Å². The number of thiocarbonyl (C=S) groups is 1. The van der Waals surface area contributed by atoms with Gasteiger partial charge in [0.25, 0.3) is 11.8 Å². The molecule has 0 bridgehead atoms. The molecule has 0 saturated carbocycles. The van der Waals surface area contributed by atoms with Crippen LogP contribution in [0.15, 0.2) is 48.5 Å². The maximum Gasteiger partial charge on any atom is 0.257 e. The molecule has 0 spiro atoms. The maximum atomic E-state index is 13.0. The second-order valence-electron chi connectivity index (χ2n) is 8.28. The summed E-state index contributed by atoms with van der Waals surface area (Å²) in [4.78, 5) is 29.7. The van der Waals surface area contributed by atoms with Crippen LogP contribution >= 0.6 is 12.2 Å². The topological polar surface area (TPSA) is 73.9 Å². The quantitative estimate of drug-likeness (QED) is 0.653. The Labute approximate surface area is 194 Å². The van der Waals surface area contributed by atoms with Crippen molar-refractivity contribution < 1.29 is 14.3 Å². The number of nitrogens with one attached hydrogen (secondary N) is 2. The first-order valence-electron chi connectivity index (χ1n) is 10.8. The van der Waals surface area contributed by atoms with Gasteiger partial charge in [-0.15, -0.1) is 0 Å². The van der Waals surface area contributed by atoms with Crippen molar-refractivity contribution in [3.63, 3.8) is 0 Å². The van der Waals surface area contributed by atoms with Crippen LogP contribution in [0.25, 0.3) is 0 Å². The third kappa shape index (κ3) is 6.51. The molecule has 2 amide bonds. The van der Waals surface area contributed by atoms with Gasteiger partial charge in [-0.05, 0) is 55.5 Å². The van der Waals surface area contributed by atoms with E-state index in [9.17, 15) is 9.59 Å². The fourth-order valence-electron chi connectivity index (χ4n) is 3.28. The molecule has 0 radical (unpaired) electrons. The van der Waals surface area contributed by atoms with Crippen molar-refractivity contribution in [2.75, 3.05) is 45.2 Å². The monoisotopic (exact) mass is 454 g/mol. The molecule has 32 heavy (non-hydrogen) atoms. The number of piperazine rings is 1. The molecule has 2 aromatic rings. The second kappa shape index (κ2) is 11.1. The van der Waals surface area contributed by atoms with E-state index in [0.29, 0.717) is 48.2 Å². The zero-order chi connectivity index (χ0) is 23.1. The minimum Gasteiger partial charge on any atom is -0.493 e. The average Bonchev–Trinajstić information content (AvgIpc) is 2.78. The summed E-state index contributed by atoms with van der Waals surface area (Å²) in [5.41, 5.74) is 1.53. The van der Waals surface area contributed by atoms with E-state index in [0.717, 1.165) is 13.1 Å². The standard InChI is InChI=1S/C24H30N4O3S/c1-17(2)16-31-19-8-6-7-18(15-19)22(29)26-24(32)25-21-10-5-4-9-20(21)23(30)28-13-11-27(3)12-14-28/h4-10,15,17H,11-14,16H2,1-3H3,(H2,25,26,29,32). The maximum absolute atomic E-state index is 13.0. The van der Waals surface area contributed by atoms with Gasteiger partial charge in [-0.3, -0.25) is 14.9 Å². The van der Waals surface area contributed by atoms with Crippen molar-refractivity contribution in [3.8, 4) is 5.75 Å². The molecule has 0 unspecified atom stereocenters. The van der Waals surface area contributed by atoms with E-state index >= 15 is 0 Å². The Kier molecular flexibility index (Phi) is 8.19. The van der Waals surface area contributed by atoms with Crippen LogP contribution in [0.1, 0.15) is 34.6 Å². The minimum atomic E-state index is -0.347. The number of carbonyl (C=O) groups is 2. The molecule has 1 saturated heterocycles. The number of nitrogens with zero attached hydrogens (tertiary/aromatic N) is 2. The summed E-state index contributed by atoms with van der Waals surface area (Å²) >= 11 is 5.34. The summed E-state index contributed by atoms with van der Waals surface area (Å²) in [6, 6.07) is 14.2. The number of hydrogen-bond acceptors (Lipinski definition) is 5. The van der Waals surface area contributed by atoms with Crippen LogP contribution in [-0.4, -0.2) is 66.6 Å². The van der Waals surface area contributed by atoms with Crippen LogP contribution in [0.3, 0.4) is 0 Å². The molecule has 3 rings (SSSR count). The summed E-state index contributed by atoms with van der Waals surface area (Å²) in [5, 5.41) is 5.81. The minimum absolute atomic E-state index is 0.0506. The molecule has 170 valence electrons. The number of carbonyl (C=O) groups excluding carboxylic acids is 2. The Hall–Kier alpha value is -2.97. The van der Waals surface area contributed by atoms with Gasteiger partial charge in [0.1, 0.15) is 5.75 Å². The zero-order valence-electron chi connectivity index (χ0n) is 18.8.